The van der Waals surface area contributed by atoms with E-state index in [4.69, 9.17) is 4.74 Å². The minimum Gasteiger partial charge on any atom is -0.492 e. The van der Waals surface area contributed by atoms with Gasteiger partial charge in [-0.05, 0) is 35.7 Å². The highest BCUT2D eigenvalue weighted by Gasteiger charge is 2.25. The van der Waals surface area contributed by atoms with E-state index in [1.54, 1.807) is 0 Å². The van der Waals surface area contributed by atoms with E-state index in [0.717, 1.165) is 27.8 Å². The van der Waals surface area contributed by atoms with Crippen LogP contribution >= 0.6 is 15.9 Å². The lowest BCUT2D eigenvalue weighted by atomic mass is 9.96. The van der Waals surface area contributed by atoms with Crippen LogP contribution in [0.5, 0.6) is 5.75 Å². The molecule has 1 heterocycles. The van der Waals surface area contributed by atoms with Crippen molar-refractivity contribution >= 4 is 21.8 Å². The number of carbonyl (C=O) groups excluding carboxylic acids is 1. The minimum absolute atomic E-state index is 0.0458. The van der Waals surface area contributed by atoms with Crippen molar-refractivity contribution in [3.8, 4) is 5.75 Å². The van der Waals surface area contributed by atoms with E-state index >= 15 is 0 Å². The summed E-state index contributed by atoms with van der Waals surface area (Å²) in [6.45, 7) is 0.984. The lowest BCUT2D eigenvalue weighted by Gasteiger charge is -2.24. The zero-order valence-electron chi connectivity index (χ0n) is 11.5. The molecular formula is C17H16BrNO2. The highest BCUT2D eigenvalue weighted by Crippen LogP contribution is 2.26. The molecule has 0 bridgehead atoms. The molecule has 3 rings (SSSR count). The fourth-order valence-electron chi connectivity index (χ4n) is 2.48. The number of rotatable bonds is 3. The van der Waals surface area contributed by atoms with Crippen molar-refractivity contribution < 1.29 is 9.53 Å². The van der Waals surface area contributed by atoms with Gasteiger partial charge in [0, 0.05) is 11.0 Å². The largest absolute Gasteiger partial charge is 0.492 e. The molecule has 0 saturated heterocycles. The molecule has 3 nitrogen and oxygen atoms in total. The van der Waals surface area contributed by atoms with Gasteiger partial charge < -0.3 is 10.1 Å². The second-order valence-corrected chi connectivity index (χ2v) is 6.08. The number of nitrogens with one attached hydrogen (secondary N) is 1. The Hall–Kier alpha value is -1.81. The van der Waals surface area contributed by atoms with E-state index in [-0.39, 0.29) is 11.8 Å². The normalized spacial score (nSPS) is 16.7. The van der Waals surface area contributed by atoms with Gasteiger partial charge in [0.15, 0.2) is 0 Å². The summed E-state index contributed by atoms with van der Waals surface area (Å²) in [6.07, 6.45) is 0.737. The lowest BCUT2D eigenvalue weighted by molar-refractivity contribution is -0.126. The molecule has 1 N–H and O–H groups in total. The van der Waals surface area contributed by atoms with E-state index in [9.17, 15) is 4.79 Å². The van der Waals surface area contributed by atoms with Crippen molar-refractivity contribution in [2.75, 3.05) is 6.61 Å². The number of para-hydroxylation sites is 1. The summed E-state index contributed by atoms with van der Waals surface area (Å²) in [5, 5.41) is 2.99. The third-order valence-electron chi connectivity index (χ3n) is 3.61. The third-order valence-corrected chi connectivity index (χ3v) is 4.10. The van der Waals surface area contributed by atoms with Gasteiger partial charge in [0.25, 0.3) is 0 Å². The summed E-state index contributed by atoms with van der Waals surface area (Å²) in [5.74, 6) is 0.824. The maximum atomic E-state index is 12.3. The van der Waals surface area contributed by atoms with Crippen LogP contribution < -0.4 is 10.1 Å². The third kappa shape index (κ3) is 3.45. The van der Waals surface area contributed by atoms with Crippen LogP contribution in [0, 0.1) is 5.92 Å². The fourth-order valence-corrected chi connectivity index (χ4v) is 2.92. The second-order valence-electron chi connectivity index (χ2n) is 5.17. The first-order valence-electron chi connectivity index (χ1n) is 6.95. The quantitative estimate of drug-likeness (QED) is 0.926. The molecule has 0 unspecified atom stereocenters. The highest BCUT2D eigenvalue weighted by molar-refractivity contribution is 9.10. The van der Waals surface area contributed by atoms with Gasteiger partial charge in [0.05, 0.1) is 5.92 Å². The van der Waals surface area contributed by atoms with E-state index < -0.39 is 0 Å². The van der Waals surface area contributed by atoms with Crippen LogP contribution in [0.3, 0.4) is 0 Å². The molecule has 0 radical (unpaired) electrons. The van der Waals surface area contributed by atoms with Crippen LogP contribution in [0.25, 0.3) is 0 Å². The molecule has 0 aliphatic carbocycles. The topological polar surface area (TPSA) is 38.3 Å². The summed E-state index contributed by atoms with van der Waals surface area (Å²) < 4.78 is 6.68. The van der Waals surface area contributed by atoms with Gasteiger partial charge in [-0.25, -0.2) is 0 Å². The van der Waals surface area contributed by atoms with Crippen LogP contribution in [0.15, 0.2) is 53.0 Å². The SMILES string of the molecule is O=C(NCc1cccc(Br)c1)[C@H]1COc2ccccc2C1. The van der Waals surface area contributed by atoms with Gasteiger partial charge >= 0.3 is 0 Å². The number of carbonyl (C=O) groups is 1. The van der Waals surface area contributed by atoms with Crippen LogP contribution in [0.1, 0.15) is 11.1 Å². The van der Waals surface area contributed by atoms with Gasteiger partial charge in [-0.1, -0.05) is 46.3 Å². The average Bonchev–Trinajstić information content (AvgIpc) is 2.52. The van der Waals surface area contributed by atoms with Gasteiger partial charge in [0.2, 0.25) is 5.91 Å². The number of fused-ring (bicyclic) bond motifs is 1. The monoisotopic (exact) mass is 345 g/mol. The Morgan fingerprint density at radius 2 is 2.10 bits per heavy atom. The van der Waals surface area contributed by atoms with Crippen molar-refractivity contribution in [2.45, 2.75) is 13.0 Å². The van der Waals surface area contributed by atoms with Gasteiger partial charge in [-0.2, -0.15) is 0 Å². The zero-order valence-corrected chi connectivity index (χ0v) is 13.1. The number of hydrogen-bond donors (Lipinski definition) is 1. The summed E-state index contributed by atoms with van der Waals surface area (Å²) in [4.78, 5) is 12.3. The zero-order chi connectivity index (χ0) is 14.7. The number of ether oxygens (including phenoxy) is 1. The fraction of sp³-hybridized carbons (Fsp3) is 0.235. The molecule has 21 heavy (non-hydrogen) atoms. The molecule has 2 aromatic rings. The minimum atomic E-state index is -0.118. The number of halogens is 1. The van der Waals surface area contributed by atoms with Crippen LogP contribution in [-0.2, 0) is 17.8 Å². The van der Waals surface area contributed by atoms with Crippen LogP contribution in [0.4, 0.5) is 0 Å². The first-order chi connectivity index (χ1) is 10.2. The number of hydrogen-bond acceptors (Lipinski definition) is 2. The molecule has 2 aromatic carbocycles. The van der Waals surface area contributed by atoms with Gasteiger partial charge in [-0.15, -0.1) is 0 Å². The highest BCUT2D eigenvalue weighted by atomic mass is 79.9. The molecule has 0 saturated carbocycles. The van der Waals surface area contributed by atoms with Gasteiger partial charge in [-0.3, -0.25) is 4.79 Å². The predicted octanol–water partition coefficient (Wildman–Crippen LogP) is 3.32. The molecule has 1 aliphatic rings. The Bertz CT molecular complexity index is 657. The molecule has 4 heteroatoms. The summed E-state index contributed by atoms with van der Waals surface area (Å²) in [7, 11) is 0. The smallest absolute Gasteiger partial charge is 0.227 e. The summed E-state index contributed by atoms with van der Waals surface area (Å²) >= 11 is 3.43. The lowest BCUT2D eigenvalue weighted by Crippen LogP contribution is -2.37. The molecular weight excluding hydrogens is 330 g/mol. The average molecular weight is 346 g/mol. The van der Waals surface area contributed by atoms with E-state index in [1.165, 1.54) is 0 Å². The molecule has 0 fully saturated rings. The molecule has 1 atom stereocenters. The maximum absolute atomic E-state index is 12.3. The Labute approximate surface area is 132 Å². The van der Waals surface area contributed by atoms with Gasteiger partial charge in [0.1, 0.15) is 12.4 Å². The summed E-state index contributed by atoms with van der Waals surface area (Å²) in [5.41, 5.74) is 2.18. The first-order valence-corrected chi connectivity index (χ1v) is 7.74. The first kappa shape index (κ1) is 14.1. The van der Waals surface area contributed by atoms with Crippen molar-refractivity contribution in [1.29, 1.82) is 0 Å². The Balaban J connectivity index is 1.59. The Morgan fingerprint density at radius 3 is 2.95 bits per heavy atom. The van der Waals surface area contributed by atoms with E-state index in [1.807, 2.05) is 48.5 Å². The predicted molar refractivity (Wildman–Crippen MR) is 85.1 cm³/mol. The van der Waals surface area contributed by atoms with Crippen molar-refractivity contribution in [1.82, 2.24) is 5.32 Å². The number of amides is 1. The van der Waals surface area contributed by atoms with E-state index in [2.05, 4.69) is 21.2 Å². The van der Waals surface area contributed by atoms with Crippen molar-refractivity contribution in [3.05, 3.63) is 64.1 Å². The van der Waals surface area contributed by atoms with Crippen LogP contribution in [0.2, 0.25) is 0 Å². The van der Waals surface area contributed by atoms with E-state index in [0.29, 0.717) is 13.2 Å². The molecule has 1 aliphatic heterocycles. The van der Waals surface area contributed by atoms with Crippen LogP contribution in [-0.4, -0.2) is 12.5 Å². The summed E-state index contributed by atoms with van der Waals surface area (Å²) in [6, 6.07) is 15.8. The standard InChI is InChI=1S/C17H16BrNO2/c18-15-6-3-4-12(8-15)10-19-17(20)14-9-13-5-1-2-7-16(13)21-11-14/h1-8,14H,9-11H2,(H,19,20)/t14-/m1/s1. The maximum Gasteiger partial charge on any atom is 0.227 e. The molecule has 0 spiro atoms. The second kappa shape index (κ2) is 6.31. The Kier molecular flexibility index (Phi) is 4.25. The van der Waals surface area contributed by atoms with Crippen molar-refractivity contribution in [2.24, 2.45) is 5.92 Å². The molecule has 108 valence electrons. The Morgan fingerprint density at radius 1 is 1.24 bits per heavy atom. The molecule has 0 aromatic heterocycles. The number of benzene rings is 2. The molecule has 1 amide bonds. The van der Waals surface area contributed by atoms with Crippen molar-refractivity contribution in [3.63, 3.8) is 0 Å².